The molecule has 1 N–H and O–H groups in total. The second-order valence-electron chi connectivity index (χ2n) is 6.32. The summed E-state index contributed by atoms with van der Waals surface area (Å²) in [6.07, 6.45) is 0.209. The number of carbonyl (C=O) groups is 2. The van der Waals surface area contributed by atoms with Crippen molar-refractivity contribution in [3.63, 3.8) is 0 Å². The van der Waals surface area contributed by atoms with Crippen molar-refractivity contribution >= 4 is 11.8 Å². The highest BCUT2D eigenvalue weighted by Gasteiger charge is 2.23. The fourth-order valence-electron chi connectivity index (χ4n) is 2.82. The number of ether oxygens (including phenoxy) is 1. The number of hydrogen-bond acceptors (Lipinski definition) is 3. The van der Waals surface area contributed by atoms with E-state index in [0.29, 0.717) is 0 Å². The highest BCUT2D eigenvalue weighted by molar-refractivity contribution is 5.79. The Morgan fingerprint density at radius 2 is 1.65 bits per heavy atom. The summed E-state index contributed by atoms with van der Waals surface area (Å²) >= 11 is 0. The van der Waals surface area contributed by atoms with E-state index >= 15 is 0 Å². The summed E-state index contributed by atoms with van der Waals surface area (Å²) in [6.45, 7) is 3.44. The van der Waals surface area contributed by atoms with E-state index in [2.05, 4.69) is 5.32 Å². The second kappa shape index (κ2) is 9.04. The topological polar surface area (TPSA) is 58.6 Å². The fourth-order valence-corrected chi connectivity index (χ4v) is 2.82. The molecule has 0 aliphatic heterocycles. The molecular formula is C21H26N2O3. The first-order valence-corrected chi connectivity index (χ1v) is 8.64. The third kappa shape index (κ3) is 5.09. The van der Waals surface area contributed by atoms with Crippen LogP contribution >= 0.6 is 0 Å². The van der Waals surface area contributed by atoms with Crippen LogP contribution in [0.15, 0.2) is 54.6 Å². The van der Waals surface area contributed by atoms with Crippen molar-refractivity contribution in [3.8, 4) is 5.75 Å². The molecule has 2 aromatic rings. The Balaban J connectivity index is 2.10. The maximum absolute atomic E-state index is 12.8. The number of methoxy groups -OCH3 is 1. The van der Waals surface area contributed by atoms with Crippen LogP contribution < -0.4 is 10.1 Å². The van der Waals surface area contributed by atoms with Gasteiger partial charge >= 0.3 is 0 Å². The lowest BCUT2D eigenvalue weighted by molar-refractivity contribution is -0.132. The zero-order valence-corrected chi connectivity index (χ0v) is 15.7. The summed E-state index contributed by atoms with van der Waals surface area (Å²) in [5.41, 5.74) is 1.94. The Kier molecular flexibility index (Phi) is 6.78. The summed E-state index contributed by atoms with van der Waals surface area (Å²) in [4.78, 5) is 26.1. The van der Waals surface area contributed by atoms with Crippen LogP contribution in [0.5, 0.6) is 5.75 Å². The number of rotatable bonds is 7. The highest BCUT2D eigenvalue weighted by Crippen LogP contribution is 2.24. The number of nitrogens with one attached hydrogen (secondary N) is 1. The van der Waals surface area contributed by atoms with Gasteiger partial charge in [-0.3, -0.25) is 9.59 Å². The standard InChI is InChI=1S/C21H26N2O3/c1-15(17-10-12-19(26-4)13-11-17)23(3)21(25)14-20(22-16(2)24)18-8-6-5-7-9-18/h5-13,15,20H,14H2,1-4H3,(H,22,24). The molecule has 2 amide bonds. The average molecular weight is 354 g/mol. The maximum atomic E-state index is 12.8. The van der Waals surface area contributed by atoms with Gasteiger partial charge in [0.2, 0.25) is 11.8 Å². The van der Waals surface area contributed by atoms with Crippen molar-refractivity contribution in [2.75, 3.05) is 14.2 Å². The van der Waals surface area contributed by atoms with E-state index in [1.807, 2.05) is 61.5 Å². The lowest BCUT2D eigenvalue weighted by Gasteiger charge is -2.28. The first-order valence-electron chi connectivity index (χ1n) is 8.64. The van der Waals surface area contributed by atoms with E-state index in [0.717, 1.165) is 16.9 Å². The molecule has 2 atom stereocenters. The molecule has 0 fully saturated rings. The maximum Gasteiger partial charge on any atom is 0.225 e. The molecule has 0 saturated heterocycles. The molecule has 0 aliphatic rings. The zero-order valence-electron chi connectivity index (χ0n) is 15.7. The third-order valence-corrected chi connectivity index (χ3v) is 4.53. The van der Waals surface area contributed by atoms with Crippen molar-refractivity contribution in [2.24, 2.45) is 0 Å². The summed E-state index contributed by atoms with van der Waals surface area (Å²) in [5.74, 6) is 0.596. The van der Waals surface area contributed by atoms with Gasteiger partial charge in [-0.2, -0.15) is 0 Å². The molecule has 2 aromatic carbocycles. The van der Waals surface area contributed by atoms with Crippen molar-refractivity contribution in [1.82, 2.24) is 10.2 Å². The van der Waals surface area contributed by atoms with Gasteiger partial charge in [0.15, 0.2) is 0 Å². The van der Waals surface area contributed by atoms with Gasteiger partial charge in [0, 0.05) is 14.0 Å². The SMILES string of the molecule is COc1ccc(C(C)N(C)C(=O)CC(NC(C)=O)c2ccccc2)cc1. The molecule has 26 heavy (non-hydrogen) atoms. The van der Waals surface area contributed by atoms with Gasteiger partial charge in [0.1, 0.15) is 5.75 Å². The van der Waals surface area contributed by atoms with E-state index in [9.17, 15) is 9.59 Å². The van der Waals surface area contributed by atoms with E-state index in [4.69, 9.17) is 4.74 Å². The highest BCUT2D eigenvalue weighted by atomic mass is 16.5. The second-order valence-corrected chi connectivity index (χ2v) is 6.32. The molecule has 0 aromatic heterocycles. The molecule has 5 heteroatoms. The van der Waals surface area contributed by atoms with E-state index in [1.165, 1.54) is 6.92 Å². The largest absolute Gasteiger partial charge is 0.497 e. The van der Waals surface area contributed by atoms with Crippen molar-refractivity contribution < 1.29 is 14.3 Å². The van der Waals surface area contributed by atoms with Crippen molar-refractivity contribution in [3.05, 3.63) is 65.7 Å². The van der Waals surface area contributed by atoms with Gasteiger partial charge in [0.05, 0.1) is 25.6 Å². The van der Waals surface area contributed by atoms with Crippen LogP contribution in [0, 0.1) is 0 Å². The summed E-state index contributed by atoms with van der Waals surface area (Å²) < 4.78 is 5.17. The average Bonchev–Trinajstić information content (AvgIpc) is 2.66. The van der Waals surface area contributed by atoms with Crippen LogP contribution in [0.4, 0.5) is 0 Å². The molecule has 138 valence electrons. The number of amides is 2. The fraction of sp³-hybridized carbons (Fsp3) is 0.333. The molecule has 0 saturated carbocycles. The zero-order chi connectivity index (χ0) is 19.1. The molecule has 0 spiro atoms. The first kappa shape index (κ1) is 19.5. The van der Waals surface area contributed by atoms with Gasteiger partial charge in [-0.1, -0.05) is 42.5 Å². The lowest BCUT2D eigenvalue weighted by atomic mass is 10.0. The molecule has 0 aliphatic carbocycles. The minimum Gasteiger partial charge on any atom is -0.497 e. The first-order chi connectivity index (χ1) is 12.4. The van der Waals surface area contributed by atoms with Crippen LogP contribution in [0.1, 0.15) is 43.5 Å². The smallest absolute Gasteiger partial charge is 0.225 e. The van der Waals surface area contributed by atoms with Gasteiger partial charge in [-0.15, -0.1) is 0 Å². The van der Waals surface area contributed by atoms with Crippen LogP contribution in [0.3, 0.4) is 0 Å². The minimum absolute atomic E-state index is 0.0316. The normalized spacial score (nSPS) is 12.8. The number of benzene rings is 2. The summed E-state index contributed by atoms with van der Waals surface area (Å²) in [6, 6.07) is 16.8. The third-order valence-electron chi connectivity index (χ3n) is 4.53. The monoisotopic (exact) mass is 354 g/mol. The van der Waals surface area contributed by atoms with Crippen LogP contribution in [-0.2, 0) is 9.59 Å². The Bertz CT molecular complexity index is 729. The predicted molar refractivity (Wildman–Crippen MR) is 102 cm³/mol. The van der Waals surface area contributed by atoms with Crippen molar-refractivity contribution in [2.45, 2.75) is 32.4 Å². The lowest BCUT2D eigenvalue weighted by Crippen LogP contribution is -2.35. The van der Waals surface area contributed by atoms with E-state index < -0.39 is 0 Å². The van der Waals surface area contributed by atoms with Crippen LogP contribution in [0.25, 0.3) is 0 Å². The van der Waals surface area contributed by atoms with Crippen LogP contribution in [0.2, 0.25) is 0 Å². The quantitative estimate of drug-likeness (QED) is 0.828. The van der Waals surface area contributed by atoms with Gasteiger partial charge in [-0.05, 0) is 30.2 Å². The van der Waals surface area contributed by atoms with E-state index in [1.54, 1.807) is 19.1 Å². The molecule has 5 nitrogen and oxygen atoms in total. The molecular weight excluding hydrogens is 328 g/mol. The molecule has 0 radical (unpaired) electrons. The Hall–Kier alpha value is -2.82. The minimum atomic E-state index is -0.341. The van der Waals surface area contributed by atoms with Gasteiger partial charge in [0.25, 0.3) is 0 Å². The summed E-state index contributed by atoms with van der Waals surface area (Å²) in [5, 5.41) is 2.87. The number of hydrogen-bond donors (Lipinski definition) is 1. The van der Waals surface area contributed by atoms with Gasteiger partial charge in [-0.25, -0.2) is 0 Å². The Morgan fingerprint density at radius 1 is 1.04 bits per heavy atom. The molecule has 2 rings (SSSR count). The molecule has 0 bridgehead atoms. The number of nitrogens with zero attached hydrogens (tertiary/aromatic N) is 1. The van der Waals surface area contributed by atoms with Gasteiger partial charge < -0.3 is 15.0 Å². The molecule has 2 unspecified atom stereocenters. The number of carbonyl (C=O) groups excluding carboxylic acids is 2. The van der Waals surface area contributed by atoms with Crippen molar-refractivity contribution in [1.29, 1.82) is 0 Å². The Morgan fingerprint density at radius 3 is 2.19 bits per heavy atom. The summed E-state index contributed by atoms with van der Waals surface area (Å²) in [7, 11) is 3.41. The Labute approximate surface area is 155 Å². The predicted octanol–water partition coefficient (Wildman–Crippen LogP) is 3.48. The van der Waals surface area contributed by atoms with Crippen LogP contribution in [-0.4, -0.2) is 30.9 Å². The molecule has 0 heterocycles. The van der Waals surface area contributed by atoms with E-state index in [-0.39, 0.29) is 30.3 Å².